The Morgan fingerprint density at radius 1 is 1.31 bits per heavy atom. The molecule has 80 valence electrons. The molecule has 1 aromatic heterocycles. The number of aromatic nitrogens is 1. The Kier molecular flexibility index (Phi) is 2.68. The summed E-state index contributed by atoms with van der Waals surface area (Å²) < 4.78 is 0. The number of benzene rings is 1. The van der Waals surface area contributed by atoms with Gasteiger partial charge < -0.3 is 5.11 Å². The lowest BCUT2D eigenvalue weighted by atomic mass is 10.1. The van der Waals surface area contributed by atoms with Crippen molar-refractivity contribution in [3.05, 3.63) is 47.8 Å². The average Bonchev–Trinajstić information content (AvgIpc) is 2.27. The summed E-state index contributed by atoms with van der Waals surface area (Å²) in [5.74, 6) is -0.966. The smallest absolute Gasteiger partial charge is 0.328 e. The molecule has 0 spiro atoms. The van der Waals surface area contributed by atoms with Crippen LogP contribution in [0.2, 0.25) is 0 Å². The minimum absolute atomic E-state index is 0.684. The van der Waals surface area contributed by atoms with Gasteiger partial charge >= 0.3 is 5.97 Å². The van der Waals surface area contributed by atoms with E-state index >= 15 is 0 Å². The largest absolute Gasteiger partial charge is 0.478 e. The third-order valence-electron chi connectivity index (χ3n) is 2.44. The predicted molar refractivity (Wildman–Crippen MR) is 63.1 cm³/mol. The number of hydrogen-bond acceptors (Lipinski definition) is 2. The number of carbonyl (C=O) groups is 1. The zero-order valence-corrected chi connectivity index (χ0v) is 8.84. The van der Waals surface area contributed by atoms with Crippen LogP contribution in [0.4, 0.5) is 0 Å². The number of fused-ring (bicyclic) bond motifs is 1. The number of aliphatic carboxylic acids is 1. The standard InChI is InChI=1S/C13H11NO2/c1-9-3-2-4-11-10(9)7-8-14-12(11)5-6-13(15)16/h2-8H,1H3,(H,15,16)/b6-5+. The van der Waals surface area contributed by atoms with Crippen molar-refractivity contribution >= 4 is 22.8 Å². The van der Waals surface area contributed by atoms with Crippen LogP contribution in [0.3, 0.4) is 0 Å². The molecule has 0 saturated carbocycles. The molecule has 0 radical (unpaired) electrons. The van der Waals surface area contributed by atoms with Crippen LogP contribution in [0.25, 0.3) is 16.8 Å². The Balaban J connectivity index is 2.63. The Labute approximate surface area is 93.1 Å². The maximum absolute atomic E-state index is 10.5. The van der Waals surface area contributed by atoms with Gasteiger partial charge in [0.2, 0.25) is 0 Å². The Morgan fingerprint density at radius 3 is 2.88 bits per heavy atom. The summed E-state index contributed by atoms with van der Waals surface area (Å²) in [4.78, 5) is 14.6. The maximum Gasteiger partial charge on any atom is 0.328 e. The monoisotopic (exact) mass is 213 g/mol. The molecule has 0 aliphatic heterocycles. The molecular weight excluding hydrogens is 202 g/mol. The quantitative estimate of drug-likeness (QED) is 0.780. The van der Waals surface area contributed by atoms with E-state index in [4.69, 9.17) is 5.11 Å². The van der Waals surface area contributed by atoms with Crippen molar-refractivity contribution in [2.24, 2.45) is 0 Å². The van der Waals surface area contributed by atoms with Gasteiger partial charge in [0, 0.05) is 17.7 Å². The maximum atomic E-state index is 10.5. The molecule has 2 rings (SSSR count). The van der Waals surface area contributed by atoms with Crippen LogP contribution in [0, 0.1) is 6.92 Å². The number of pyridine rings is 1. The second-order valence-corrected chi connectivity index (χ2v) is 3.54. The molecule has 0 saturated heterocycles. The minimum atomic E-state index is -0.966. The van der Waals surface area contributed by atoms with E-state index in [9.17, 15) is 4.79 Å². The summed E-state index contributed by atoms with van der Waals surface area (Å²) in [6, 6.07) is 7.84. The van der Waals surface area contributed by atoms with Crippen LogP contribution in [-0.2, 0) is 4.79 Å². The first-order valence-corrected chi connectivity index (χ1v) is 4.94. The van der Waals surface area contributed by atoms with Crippen LogP contribution in [-0.4, -0.2) is 16.1 Å². The molecule has 1 heterocycles. The number of carboxylic acid groups (broad SMARTS) is 1. The number of rotatable bonds is 2. The van der Waals surface area contributed by atoms with Crippen molar-refractivity contribution in [2.45, 2.75) is 6.92 Å². The van der Waals surface area contributed by atoms with Gasteiger partial charge in [-0.2, -0.15) is 0 Å². The molecule has 3 nitrogen and oxygen atoms in total. The third-order valence-corrected chi connectivity index (χ3v) is 2.44. The van der Waals surface area contributed by atoms with Crippen molar-refractivity contribution in [1.82, 2.24) is 4.98 Å². The number of hydrogen-bond donors (Lipinski definition) is 1. The average molecular weight is 213 g/mol. The van der Waals surface area contributed by atoms with Gasteiger partial charge in [0.05, 0.1) is 5.69 Å². The summed E-state index contributed by atoms with van der Waals surface area (Å²) >= 11 is 0. The Hall–Kier alpha value is -2.16. The van der Waals surface area contributed by atoms with Gasteiger partial charge in [-0.3, -0.25) is 4.98 Å². The van der Waals surface area contributed by atoms with Crippen molar-refractivity contribution in [2.75, 3.05) is 0 Å². The van der Waals surface area contributed by atoms with Gasteiger partial charge in [-0.05, 0) is 30.0 Å². The number of aryl methyl sites for hydroxylation is 1. The van der Waals surface area contributed by atoms with E-state index < -0.39 is 5.97 Å². The van der Waals surface area contributed by atoms with Gasteiger partial charge in [0.25, 0.3) is 0 Å². The van der Waals surface area contributed by atoms with Crippen LogP contribution in [0.15, 0.2) is 36.5 Å². The fourth-order valence-corrected chi connectivity index (χ4v) is 1.67. The molecule has 1 N–H and O–H groups in total. The van der Waals surface area contributed by atoms with E-state index in [1.807, 2.05) is 31.2 Å². The van der Waals surface area contributed by atoms with Gasteiger partial charge in [-0.1, -0.05) is 18.2 Å². The molecule has 0 aliphatic carbocycles. The first-order chi connectivity index (χ1) is 7.68. The highest BCUT2D eigenvalue weighted by atomic mass is 16.4. The number of nitrogens with zero attached hydrogens (tertiary/aromatic N) is 1. The molecule has 16 heavy (non-hydrogen) atoms. The summed E-state index contributed by atoms with van der Waals surface area (Å²) in [6.07, 6.45) is 4.31. The predicted octanol–water partition coefficient (Wildman–Crippen LogP) is 2.64. The minimum Gasteiger partial charge on any atom is -0.478 e. The zero-order valence-electron chi connectivity index (χ0n) is 8.84. The molecule has 0 bridgehead atoms. The van der Waals surface area contributed by atoms with Crippen molar-refractivity contribution in [1.29, 1.82) is 0 Å². The first kappa shape index (κ1) is 10.4. The van der Waals surface area contributed by atoms with E-state index in [1.165, 1.54) is 6.08 Å². The number of carboxylic acids is 1. The lowest BCUT2D eigenvalue weighted by Gasteiger charge is -2.03. The van der Waals surface area contributed by atoms with Gasteiger partial charge in [-0.25, -0.2) is 4.79 Å². The molecule has 0 fully saturated rings. The highest BCUT2D eigenvalue weighted by Crippen LogP contribution is 2.20. The highest BCUT2D eigenvalue weighted by Gasteiger charge is 2.01. The molecule has 3 heteroatoms. The van der Waals surface area contributed by atoms with Gasteiger partial charge in [0.1, 0.15) is 0 Å². The zero-order chi connectivity index (χ0) is 11.5. The second-order valence-electron chi connectivity index (χ2n) is 3.54. The highest BCUT2D eigenvalue weighted by molar-refractivity contribution is 5.94. The molecule has 1 aromatic carbocycles. The summed E-state index contributed by atoms with van der Waals surface area (Å²) in [5, 5.41) is 10.7. The Morgan fingerprint density at radius 2 is 2.12 bits per heavy atom. The van der Waals surface area contributed by atoms with E-state index in [0.29, 0.717) is 5.69 Å². The van der Waals surface area contributed by atoms with Gasteiger partial charge in [0.15, 0.2) is 0 Å². The van der Waals surface area contributed by atoms with Crippen molar-refractivity contribution in [3.8, 4) is 0 Å². The van der Waals surface area contributed by atoms with Crippen LogP contribution < -0.4 is 0 Å². The lowest BCUT2D eigenvalue weighted by molar-refractivity contribution is -0.131. The first-order valence-electron chi connectivity index (χ1n) is 4.94. The Bertz CT molecular complexity index is 573. The van der Waals surface area contributed by atoms with Crippen LogP contribution in [0.1, 0.15) is 11.3 Å². The third kappa shape index (κ3) is 1.93. The van der Waals surface area contributed by atoms with E-state index in [1.54, 1.807) is 6.20 Å². The molecule has 0 unspecified atom stereocenters. The molecule has 2 aromatic rings. The molecular formula is C13H11NO2. The summed E-state index contributed by atoms with van der Waals surface area (Å²) in [5.41, 5.74) is 1.84. The topological polar surface area (TPSA) is 50.2 Å². The van der Waals surface area contributed by atoms with E-state index in [-0.39, 0.29) is 0 Å². The molecule has 0 atom stereocenters. The fraction of sp³-hybridized carbons (Fsp3) is 0.0769. The molecule has 0 aliphatic rings. The van der Waals surface area contributed by atoms with Crippen LogP contribution in [0.5, 0.6) is 0 Å². The summed E-state index contributed by atoms with van der Waals surface area (Å²) in [7, 11) is 0. The molecule has 0 amide bonds. The summed E-state index contributed by atoms with van der Waals surface area (Å²) in [6.45, 7) is 2.02. The second kappa shape index (κ2) is 4.14. The van der Waals surface area contributed by atoms with Gasteiger partial charge in [-0.15, -0.1) is 0 Å². The van der Waals surface area contributed by atoms with Crippen LogP contribution >= 0.6 is 0 Å². The van der Waals surface area contributed by atoms with E-state index in [2.05, 4.69) is 4.98 Å². The fourth-order valence-electron chi connectivity index (χ4n) is 1.67. The SMILES string of the molecule is Cc1cccc2c(/C=C/C(=O)O)nccc12. The van der Waals surface area contributed by atoms with Crippen molar-refractivity contribution < 1.29 is 9.90 Å². The normalized spacial score (nSPS) is 11.1. The van der Waals surface area contributed by atoms with E-state index in [0.717, 1.165) is 22.4 Å². The van der Waals surface area contributed by atoms with Crippen molar-refractivity contribution in [3.63, 3.8) is 0 Å². The lowest BCUT2D eigenvalue weighted by Crippen LogP contribution is -1.89.